The summed E-state index contributed by atoms with van der Waals surface area (Å²) in [6.45, 7) is 1.70. The first-order valence-corrected chi connectivity index (χ1v) is 5.95. The van der Waals surface area contributed by atoms with Gasteiger partial charge in [0.1, 0.15) is 18.5 Å². The fourth-order valence-electron chi connectivity index (χ4n) is 2.46. The maximum atomic E-state index is 9.74. The molecule has 0 saturated carbocycles. The second kappa shape index (κ2) is 6.05. The molecule has 0 bridgehead atoms. The average molecular weight is 340 g/mol. The minimum absolute atomic E-state index is 0. The third-order valence-corrected chi connectivity index (χ3v) is 3.51. The molecule has 0 aromatic heterocycles. The van der Waals surface area contributed by atoms with E-state index in [0.29, 0.717) is 6.42 Å². The Bertz CT molecular complexity index is 428. The average Bonchev–Trinajstić information content (AvgIpc) is 2.93. The molecule has 1 radical (unpaired) electrons. The molecule has 5 atom stereocenters. The predicted molar refractivity (Wildman–Crippen MR) is 64.8 cm³/mol. The Kier molecular flexibility index (Phi) is 4.84. The van der Waals surface area contributed by atoms with E-state index in [4.69, 9.17) is 9.84 Å². The van der Waals surface area contributed by atoms with Crippen LogP contribution in [0, 0.1) is 0 Å². The van der Waals surface area contributed by atoms with Crippen molar-refractivity contribution < 1.29 is 47.7 Å². The van der Waals surface area contributed by atoms with Crippen molar-refractivity contribution in [3.63, 3.8) is 0 Å². The largest absolute Gasteiger partial charge is 0.439 e. The summed E-state index contributed by atoms with van der Waals surface area (Å²) in [4.78, 5) is 14.4. The number of aliphatic hydroxyl groups is 2. The summed E-state index contributed by atoms with van der Waals surface area (Å²) in [7, 11) is 0. The first kappa shape index (κ1) is 15.2. The number of fused-ring (bicyclic) bond motifs is 1. The molecule has 3 aliphatic rings. The molecule has 1 saturated heterocycles. The van der Waals surface area contributed by atoms with Crippen molar-refractivity contribution in [3.05, 3.63) is 0 Å². The van der Waals surface area contributed by atoms with Gasteiger partial charge in [-0.15, -0.1) is 5.71 Å². The minimum Gasteiger partial charge on any atom is -0.439 e. The van der Waals surface area contributed by atoms with E-state index in [1.165, 1.54) is 0 Å². The Morgan fingerprint density at radius 1 is 1.58 bits per heavy atom. The molecule has 8 heteroatoms. The van der Waals surface area contributed by atoms with Crippen LogP contribution in [0.4, 0.5) is 0 Å². The number of hydrogen-bond acceptors (Lipinski definition) is 7. The molecular weight excluding hydrogens is 325 g/mol. The van der Waals surface area contributed by atoms with Crippen LogP contribution in [0.1, 0.15) is 13.3 Å². The summed E-state index contributed by atoms with van der Waals surface area (Å²) in [6, 6.07) is -0.0971. The smallest absolute Gasteiger partial charge is 0.135 e. The molecule has 0 aromatic rings. The topological polar surface area (TPSA) is 90.0 Å². The Labute approximate surface area is 136 Å². The summed E-state index contributed by atoms with van der Waals surface area (Å²) in [5, 5.41) is 18.8. The summed E-state index contributed by atoms with van der Waals surface area (Å²) >= 11 is 0. The van der Waals surface area contributed by atoms with Crippen LogP contribution in [0.25, 0.3) is 0 Å². The zero-order chi connectivity index (χ0) is 12.7. The summed E-state index contributed by atoms with van der Waals surface area (Å²) in [5.41, 5.74) is 0.867. The third-order valence-electron chi connectivity index (χ3n) is 3.51. The van der Waals surface area contributed by atoms with Gasteiger partial charge in [-0.2, -0.15) is 0 Å². The van der Waals surface area contributed by atoms with Crippen LogP contribution >= 0.6 is 0 Å². The molecule has 3 heterocycles. The molecule has 19 heavy (non-hydrogen) atoms. The van der Waals surface area contributed by atoms with Gasteiger partial charge in [0, 0.05) is 39.1 Å². The summed E-state index contributed by atoms with van der Waals surface area (Å²) < 4.78 is 5.60. The predicted octanol–water partition coefficient (Wildman–Crippen LogP) is -1.13. The quantitative estimate of drug-likeness (QED) is 0.623. The maximum Gasteiger partial charge on any atom is 0.135 e. The van der Waals surface area contributed by atoms with Gasteiger partial charge in [-0.25, -0.2) is 0 Å². The van der Waals surface area contributed by atoms with Gasteiger partial charge < -0.3 is 29.8 Å². The van der Waals surface area contributed by atoms with Crippen LogP contribution in [0.2, 0.25) is 0 Å². The number of rotatable bonds is 2. The molecule has 0 aliphatic carbocycles. The van der Waals surface area contributed by atoms with Gasteiger partial charge in [-0.05, 0) is 6.34 Å². The zero-order valence-electron chi connectivity index (χ0n) is 10.5. The van der Waals surface area contributed by atoms with Crippen molar-refractivity contribution in [2.24, 2.45) is 15.0 Å². The van der Waals surface area contributed by atoms with Gasteiger partial charge in [0.05, 0.1) is 25.1 Å². The van der Waals surface area contributed by atoms with Crippen LogP contribution in [-0.4, -0.2) is 70.8 Å². The maximum absolute atomic E-state index is 9.74. The number of ether oxygens (including phenoxy) is 1. The number of aliphatic imine (C=N–C) groups is 3. The first-order chi connectivity index (χ1) is 8.70. The monoisotopic (exact) mass is 340 g/mol. The molecule has 0 amide bonds. The molecule has 0 aromatic carbocycles. The second-order valence-electron chi connectivity index (χ2n) is 4.67. The van der Waals surface area contributed by atoms with E-state index >= 15 is 0 Å². The van der Waals surface area contributed by atoms with E-state index in [2.05, 4.69) is 21.3 Å². The molecule has 2 N–H and O–H groups in total. The van der Waals surface area contributed by atoms with E-state index in [-0.39, 0.29) is 57.8 Å². The number of hydrogen-bond donors (Lipinski definition) is 2. The van der Waals surface area contributed by atoms with Crippen molar-refractivity contribution in [1.82, 2.24) is 4.90 Å². The summed E-state index contributed by atoms with van der Waals surface area (Å²) in [5.74, 6) is 0. The molecule has 0 spiro atoms. The standard InChI is InChI=1S/C11H15N4O3.Y/c1-6-10-11(13-4-12-6)15(5-14-10)9-2-7(17)8(3-16)18-9;/h5,7-11,16-17H,2-3H2,1H3;/q-1;. The van der Waals surface area contributed by atoms with Gasteiger partial charge in [-0.1, -0.05) is 6.92 Å². The van der Waals surface area contributed by atoms with Gasteiger partial charge in [-0.3, -0.25) is 4.99 Å². The third kappa shape index (κ3) is 2.67. The Morgan fingerprint density at radius 2 is 2.37 bits per heavy atom. The molecule has 5 unspecified atom stereocenters. The Morgan fingerprint density at radius 3 is 3.05 bits per heavy atom. The van der Waals surface area contributed by atoms with Gasteiger partial charge in [0.15, 0.2) is 0 Å². The van der Waals surface area contributed by atoms with Gasteiger partial charge in [0.25, 0.3) is 0 Å². The molecular formula is C11H15N4O3Y-. The SMILES string of the molecule is CC1=N[C-]=NC2C1N=CN2C1CC(O)C(CO)O1.[Y]. The second-order valence-corrected chi connectivity index (χ2v) is 4.67. The van der Waals surface area contributed by atoms with E-state index in [0.717, 1.165) is 5.71 Å². The van der Waals surface area contributed by atoms with Crippen LogP contribution in [0.5, 0.6) is 0 Å². The van der Waals surface area contributed by atoms with Crippen molar-refractivity contribution in [3.8, 4) is 0 Å². The molecule has 7 nitrogen and oxygen atoms in total. The van der Waals surface area contributed by atoms with Crippen molar-refractivity contribution in [2.75, 3.05) is 6.61 Å². The van der Waals surface area contributed by atoms with Gasteiger partial charge >= 0.3 is 0 Å². The van der Waals surface area contributed by atoms with Crippen LogP contribution in [-0.2, 0) is 37.4 Å². The minimum atomic E-state index is -0.654. The molecule has 3 rings (SSSR count). The van der Waals surface area contributed by atoms with Crippen LogP contribution in [0.3, 0.4) is 0 Å². The fourth-order valence-corrected chi connectivity index (χ4v) is 2.46. The Hall–Kier alpha value is -0.206. The van der Waals surface area contributed by atoms with Crippen LogP contribution in [0.15, 0.2) is 15.0 Å². The summed E-state index contributed by atoms with van der Waals surface area (Å²) in [6.07, 6.45) is 3.04. The van der Waals surface area contributed by atoms with E-state index in [1.54, 1.807) is 6.34 Å². The van der Waals surface area contributed by atoms with E-state index in [1.807, 2.05) is 11.8 Å². The molecule has 1 fully saturated rings. The van der Waals surface area contributed by atoms with Crippen molar-refractivity contribution >= 4 is 18.4 Å². The Balaban J connectivity index is 0.00000133. The number of aliphatic hydroxyl groups excluding tert-OH is 2. The van der Waals surface area contributed by atoms with Crippen molar-refractivity contribution in [2.45, 2.75) is 44.0 Å². The first-order valence-electron chi connectivity index (χ1n) is 5.95. The van der Waals surface area contributed by atoms with Crippen molar-refractivity contribution in [1.29, 1.82) is 0 Å². The fraction of sp³-hybridized carbons (Fsp3) is 0.727. The van der Waals surface area contributed by atoms with E-state index < -0.39 is 12.2 Å². The normalized spacial score (nSPS) is 40.1. The molecule has 101 valence electrons. The zero-order valence-corrected chi connectivity index (χ0v) is 13.4. The van der Waals surface area contributed by atoms with Gasteiger partial charge in [0.2, 0.25) is 0 Å². The van der Waals surface area contributed by atoms with Crippen LogP contribution < -0.4 is 0 Å². The molecule has 3 aliphatic heterocycles. The van der Waals surface area contributed by atoms with E-state index in [9.17, 15) is 5.11 Å². The number of nitrogens with zero attached hydrogens (tertiary/aromatic N) is 4.